The molecule has 0 atom stereocenters. The number of aryl methyl sites for hydroxylation is 1. The molecule has 0 amide bonds. The van der Waals surface area contributed by atoms with Gasteiger partial charge in [-0.1, -0.05) is 0 Å². The second kappa shape index (κ2) is 9.80. The van der Waals surface area contributed by atoms with Crippen LogP contribution in [0.1, 0.15) is 31.7 Å². The van der Waals surface area contributed by atoms with Crippen LogP contribution in [-0.4, -0.2) is 32.8 Å². The summed E-state index contributed by atoms with van der Waals surface area (Å²) in [4.78, 5) is 11.3. The topological polar surface area (TPSA) is 82.8 Å². The number of hydrogen-bond acceptors (Lipinski definition) is 5. The van der Waals surface area contributed by atoms with Crippen LogP contribution in [-0.2, 0) is 11.4 Å². The van der Waals surface area contributed by atoms with Crippen LogP contribution in [0.4, 0.5) is 22.0 Å². The number of ether oxygens (including phenoxy) is 3. The van der Waals surface area contributed by atoms with Crippen LogP contribution < -0.4 is 14.2 Å². The highest BCUT2D eigenvalue weighted by Crippen LogP contribution is 2.30. The van der Waals surface area contributed by atoms with Crippen molar-refractivity contribution in [1.82, 2.24) is 9.78 Å². The summed E-state index contributed by atoms with van der Waals surface area (Å²) in [5.74, 6) is -0.913. The van der Waals surface area contributed by atoms with Gasteiger partial charge in [-0.15, -0.1) is 13.2 Å². The van der Waals surface area contributed by atoms with E-state index in [1.807, 2.05) is 0 Å². The van der Waals surface area contributed by atoms with Crippen molar-refractivity contribution in [3.63, 3.8) is 0 Å². The summed E-state index contributed by atoms with van der Waals surface area (Å²) in [6.07, 6.45) is -4.87. The maximum absolute atomic E-state index is 13.5. The van der Waals surface area contributed by atoms with Crippen LogP contribution >= 0.6 is 0 Å². The molecule has 3 rings (SSSR count). The van der Waals surface area contributed by atoms with E-state index in [1.54, 1.807) is 13.0 Å². The van der Waals surface area contributed by atoms with Crippen LogP contribution in [0.2, 0.25) is 0 Å². The summed E-state index contributed by atoms with van der Waals surface area (Å²) in [5, 5.41) is 13.0. The van der Waals surface area contributed by atoms with Crippen molar-refractivity contribution in [2.45, 2.75) is 45.9 Å². The lowest BCUT2D eigenvalue weighted by Crippen LogP contribution is -2.38. The van der Waals surface area contributed by atoms with E-state index in [2.05, 4.69) is 9.84 Å². The van der Waals surface area contributed by atoms with E-state index in [-0.39, 0.29) is 23.6 Å². The number of halogens is 5. The predicted molar refractivity (Wildman–Crippen MR) is 113 cm³/mol. The summed E-state index contributed by atoms with van der Waals surface area (Å²) in [7, 11) is 0. The first-order chi connectivity index (χ1) is 16.2. The highest BCUT2D eigenvalue weighted by Gasteiger charge is 2.31. The standard InChI is InChI=1S/C23H21F5N2O5/c1-13-10-17(8-9-19(13)35-22(2,3)20(31)32)33-12-15-11-18(30(29-15)21(24)25)14-4-6-16(7-5-14)34-23(26,27)28/h4-11,21H,12H2,1-3H3,(H,31,32). The number of aromatic nitrogens is 2. The fourth-order valence-corrected chi connectivity index (χ4v) is 3.01. The van der Waals surface area contributed by atoms with Gasteiger partial charge in [0.1, 0.15) is 29.5 Å². The molecule has 0 aliphatic rings. The van der Waals surface area contributed by atoms with E-state index in [1.165, 1.54) is 44.2 Å². The number of nitrogens with zero attached hydrogens (tertiary/aromatic N) is 2. The van der Waals surface area contributed by atoms with E-state index in [0.717, 1.165) is 12.1 Å². The maximum atomic E-state index is 13.5. The van der Waals surface area contributed by atoms with Gasteiger partial charge in [-0.2, -0.15) is 13.9 Å². The summed E-state index contributed by atoms with van der Waals surface area (Å²) in [5.41, 5.74) is -0.509. The van der Waals surface area contributed by atoms with Crippen molar-refractivity contribution in [2.75, 3.05) is 0 Å². The van der Waals surface area contributed by atoms with Crippen LogP contribution in [0, 0.1) is 6.92 Å². The van der Waals surface area contributed by atoms with Crippen LogP contribution in [0.5, 0.6) is 17.2 Å². The molecular formula is C23H21F5N2O5. The molecule has 1 N–H and O–H groups in total. The molecule has 12 heteroatoms. The van der Waals surface area contributed by atoms with Crippen molar-refractivity contribution in [1.29, 1.82) is 0 Å². The second-order valence-electron chi connectivity index (χ2n) is 7.95. The molecule has 0 spiro atoms. The molecule has 1 aromatic heterocycles. The number of carboxylic acids is 1. The summed E-state index contributed by atoms with van der Waals surface area (Å²) in [6.45, 7) is 1.33. The van der Waals surface area contributed by atoms with Crippen LogP contribution in [0.3, 0.4) is 0 Å². The normalized spacial score (nSPS) is 12.0. The Morgan fingerprint density at radius 2 is 1.66 bits per heavy atom. The average Bonchev–Trinajstić information content (AvgIpc) is 3.18. The van der Waals surface area contributed by atoms with Gasteiger partial charge in [-0.05, 0) is 74.9 Å². The minimum Gasteiger partial charge on any atom is -0.487 e. The highest BCUT2D eigenvalue weighted by molar-refractivity contribution is 5.76. The monoisotopic (exact) mass is 500 g/mol. The van der Waals surface area contributed by atoms with Crippen molar-refractivity contribution >= 4 is 5.97 Å². The Morgan fingerprint density at radius 3 is 2.20 bits per heavy atom. The number of carbonyl (C=O) groups is 1. The first kappa shape index (κ1) is 25.8. The number of alkyl halides is 5. The van der Waals surface area contributed by atoms with Gasteiger partial charge in [0, 0.05) is 5.56 Å². The molecule has 0 bridgehead atoms. The molecule has 188 valence electrons. The lowest BCUT2D eigenvalue weighted by molar-refractivity contribution is -0.274. The number of aliphatic carboxylic acids is 1. The molecular weight excluding hydrogens is 479 g/mol. The Hall–Kier alpha value is -3.83. The summed E-state index contributed by atoms with van der Waals surface area (Å²) in [6, 6.07) is 10.4. The van der Waals surface area contributed by atoms with Crippen molar-refractivity contribution in [3.05, 3.63) is 59.8 Å². The largest absolute Gasteiger partial charge is 0.573 e. The van der Waals surface area contributed by atoms with Crippen molar-refractivity contribution in [3.8, 4) is 28.5 Å². The first-order valence-corrected chi connectivity index (χ1v) is 10.1. The van der Waals surface area contributed by atoms with Gasteiger partial charge in [-0.3, -0.25) is 0 Å². The molecule has 1 heterocycles. The molecule has 0 fully saturated rings. The van der Waals surface area contributed by atoms with Gasteiger partial charge in [0.2, 0.25) is 0 Å². The Kier molecular flexibility index (Phi) is 7.22. The molecule has 0 radical (unpaired) electrons. The first-order valence-electron chi connectivity index (χ1n) is 10.1. The molecule has 0 saturated carbocycles. The summed E-state index contributed by atoms with van der Waals surface area (Å²) < 4.78 is 79.4. The quantitative estimate of drug-likeness (QED) is 0.365. The fourth-order valence-electron chi connectivity index (χ4n) is 3.01. The van der Waals surface area contributed by atoms with Gasteiger partial charge in [-0.25, -0.2) is 9.48 Å². The van der Waals surface area contributed by atoms with Gasteiger partial charge in [0.05, 0.1) is 5.69 Å². The van der Waals surface area contributed by atoms with Gasteiger partial charge in [0.15, 0.2) is 5.60 Å². The second-order valence-corrected chi connectivity index (χ2v) is 7.95. The highest BCUT2D eigenvalue weighted by atomic mass is 19.4. The zero-order valence-corrected chi connectivity index (χ0v) is 18.8. The lowest BCUT2D eigenvalue weighted by Gasteiger charge is -2.23. The molecule has 7 nitrogen and oxygen atoms in total. The molecule has 0 aliphatic heterocycles. The molecule has 3 aromatic rings. The average molecular weight is 500 g/mol. The molecule has 2 aromatic carbocycles. The predicted octanol–water partition coefficient (Wildman–Crippen LogP) is 5.97. The molecule has 0 saturated heterocycles. The molecule has 0 aliphatic carbocycles. The van der Waals surface area contributed by atoms with Crippen LogP contribution in [0.15, 0.2) is 48.5 Å². The van der Waals surface area contributed by atoms with E-state index < -0.39 is 30.2 Å². The summed E-state index contributed by atoms with van der Waals surface area (Å²) >= 11 is 0. The Morgan fingerprint density at radius 1 is 1.03 bits per heavy atom. The Balaban J connectivity index is 1.75. The van der Waals surface area contributed by atoms with E-state index >= 15 is 0 Å². The van der Waals surface area contributed by atoms with Gasteiger partial charge >= 0.3 is 18.9 Å². The van der Waals surface area contributed by atoms with Crippen molar-refractivity contribution in [2.24, 2.45) is 0 Å². The van der Waals surface area contributed by atoms with Crippen molar-refractivity contribution < 1.29 is 46.1 Å². The fraction of sp³-hybridized carbons (Fsp3) is 0.304. The lowest BCUT2D eigenvalue weighted by atomic mass is 10.1. The number of benzene rings is 2. The maximum Gasteiger partial charge on any atom is 0.573 e. The number of rotatable bonds is 9. The smallest absolute Gasteiger partial charge is 0.487 e. The Labute approximate surface area is 196 Å². The Bertz CT molecular complexity index is 1190. The van der Waals surface area contributed by atoms with E-state index in [9.17, 15) is 31.9 Å². The minimum absolute atomic E-state index is 0.0204. The number of carboxylic acid groups (broad SMARTS) is 1. The van der Waals surface area contributed by atoms with Gasteiger partial charge in [0.25, 0.3) is 0 Å². The molecule has 35 heavy (non-hydrogen) atoms. The van der Waals surface area contributed by atoms with E-state index in [4.69, 9.17) is 9.47 Å². The van der Waals surface area contributed by atoms with Gasteiger partial charge < -0.3 is 19.3 Å². The molecule has 0 unspecified atom stereocenters. The number of hydrogen-bond donors (Lipinski definition) is 1. The van der Waals surface area contributed by atoms with E-state index in [0.29, 0.717) is 21.7 Å². The minimum atomic E-state index is -4.87. The van der Waals surface area contributed by atoms with Crippen LogP contribution in [0.25, 0.3) is 11.3 Å². The zero-order chi connectivity index (χ0) is 26.0. The third-order valence-corrected chi connectivity index (χ3v) is 4.77. The third kappa shape index (κ3) is 6.61. The third-order valence-electron chi connectivity index (χ3n) is 4.77. The zero-order valence-electron chi connectivity index (χ0n) is 18.8. The SMILES string of the molecule is Cc1cc(OCc2cc(-c3ccc(OC(F)(F)F)cc3)n(C(F)F)n2)ccc1OC(C)(C)C(=O)O.